The lowest BCUT2D eigenvalue weighted by atomic mass is 9.96. The minimum absolute atomic E-state index is 0.861. The molecule has 5 aromatic carbocycles. The normalized spacial score (nSPS) is 11.2. The molecule has 0 unspecified atom stereocenters. The molecule has 6 aromatic rings. The average Bonchev–Trinajstić information content (AvgIpc) is 2.98. The lowest BCUT2D eigenvalue weighted by Crippen LogP contribution is -2.10. The Balaban J connectivity index is 1.39. The van der Waals surface area contributed by atoms with Gasteiger partial charge in [0.1, 0.15) is 0 Å². The summed E-state index contributed by atoms with van der Waals surface area (Å²) < 4.78 is 0. The fourth-order valence-corrected chi connectivity index (χ4v) is 5.29. The van der Waals surface area contributed by atoms with Gasteiger partial charge in [0.2, 0.25) is 0 Å². The van der Waals surface area contributed by atoms with E-state index in [1.807, 2.05) is 0 Å². The highest BCUT2D eigenvalue weighted by molar-refractivity contribution is 5.97. The number of nitrogens with zero attached hydrogens (tertiary/aromatic N) is 2. The van der Waals surface area contributed by atoms with Crippen molar-refractivity contribution in [2.24, 2.45) is 0 Å². The van der Waals surface area contributed by atoms with Crippen LogP contribution in [0.4, 0.5) is 17.1 Å². The first-order valence-corrected chi connectivity index (χ1v) is 13.6. The Kier molecular flexibility index (Phi) is 6.62. The molecule has 0 amide bonds. The van der Waals surface area contributed by atoms with E-state index in [1.54, 1.807) is 0 Å². The molecule has 186 valence electrons. The molecule has 38 heavy (non-hydrogen) atoms. The van der Waals surface area contributed by atoms with Crippen LogP contribution in [0.5, 0.6) is 0 Å². The Bertz CT molecular complexity index is 1580. The predicted molar refractivity (Wildman–Crippen MR) is 162 cm³/mol. The molecule has 0 aliphatic rings. The van der Waals surface area contributed by atoms with Gasteiger partial charge < -0.3 is 4.90 Å². The molecule has 0 radical (unpaired) electrons. The number of benzene rings is 5. The van der Waals surface area contributed by atoms with Crippen LogP contribution >= 0.6 is 0 Å². The quantitative estimate of drug-likeness (QED) is 0.206. The zero-order chi connectivity index (χ0) is 25.9. The van der Waals surface area contributed by atoms with Gasteiger partial charge in [-0.25, -0.2) is 4.98 Å². The summed E-state index contributed by atoms with van der Waals surface area (Å²) >= 11 is 0. The zero-order valence-corrected chi connectivity index (χ0v) is 22.1. The largest absolute Gasteiger partial charge is 0.311 e. The van der Waals surface area contributed by atoms with Crippen LogP contribution in [0.1, 0.15) is 36.1 Å². The van der Waals surface area contributed by atoms with Gasteiger partial charge in [0.25, 0.3) is 0 Å². The van der Waals surface area contributed by atoms with E-state index in [4.69, 9.17) is 4.98 Å². The van der Waals surface area contributed by atoms with Crippen molar-refractivity contribution in [2.45, 2.75) is 33.1 Å². The van der Waals surface area contributed by atoms with Crippen LogP contribution in [0.15, 0.2) is 121 Å². The lowest BCUT2D eigenvalue weighted by Gasteiger charge is -2.26. The molecular weight excluding hydrogens is 460 g/mol. The van der Waals surface area contributed by atoms with Gasteiger partial charge in [-0.3, -0.25) is 0 Å². The second-order valence-electron chi connectivity index (χ2n) is 9.84. The third-order valence-electron chi connectivity index (χ3n) is 7.48. The molecule has 0 spiro atoms. The van der Waals surface area contributed by atoms with E-state index in [1.165, 1.54) is 44.4 Å². The summed E-state index contributed by atoms with van der Waals surface area (Å²) in [4.78, 5) is 7.25. The fraction of sp³-hybridized carbons (Fsp3) is 0.139. The van der Waals surface area contributed by atoms with Crippen LogP contribution in [0.2, 0.25) is 0 Å². The van der Waals surface area contributed by atoms with Crippen molar-refractivity contribution in [3.63, 3.8) is 0 Å². The highest BCUT2D eigenvalue weighted by atomic mass is 15.1. The van der Waals surface area contributed by atoms with E-state index >= 15 is 0 Å². The van der Waals surface area contributed by atoms with Crippen molar-refractivity contribution in [3.8, 4) is 0 Å². The molecule has 0 saturated heterocycles. The summed E-state index contributed by atoms with van der Waals surface area (Å²) in [6.45, 7) is 4.40. The second kappa shape index (κ2) is 10.5. The number of pyridine rings is 1. The third kappa shape index (κ3) is 4.66. The smallest absolute Gasteiger partial charge is 0.0712 e. The van der Waals surface area contributed by atoms with Crippen molar-refractivity contribution in [3.05, 3.63) is 144 Å². The molecule has 2 nitrogen and oxygen atoms in total. The Morgan fingerprint density at radius 2 is 0.868 bits per heavy atom. The molecule has 0 saturated carbocycles. The van der Waals surface area contributed by atoms with Crippen LogP contribution < -0.4 is 4.90 Å². The van der Waals surface area contributed by atoms with E-state index in [0.717, 1.165) is 36.0 Å². The molecule has 0 N–H and O–H groups in total. The molecule has 1 heterocycles. The maximum absolute atomic E-state index is 4.90. The Morgan fingerprint density at radius 1 is 0.474 bits per heavy atom. The topological polar surface area (TPSA) is 16.1 Å². The van der Waals surface area contributed by atoms with Crippen molar-refractivity contribution >= 4 is 38.9 Å². The number of rotatable bonds is 7. The number of aromatic nitrogens is 1. The van der Waals surface area contributed by atoms with Gasteiger partial charge in [-0.2, -0.15) is 0 Å². The van der Waals surface area contributed by atoms with E-state index < -0.39 is 0 Å². The van der Waals surface area contributed by atoms with Gasteiger partial charge in [-0.1, -0.05) is 86.6 Å². The van der Waals surface area contributed by atoms with Gasteiger partial charge in [-0.05, 0) is 90.0 Å². The highest BCUT2D eigenvalue weighted by Crippen LogP contribution is 2.36. The van der Waals surface area contributed by atoms with Gasteiger partial charge >= 0.3 is 0 Å². The van der Waals surface area contributed by atoms with Crippen LogP contribution in [0, 0.1) is 0 Å². The Hall–Kier alpha value is -4.43. The van der Waals surface area contributed by atoms with Gasteiger partial charge in [-0.15, -0.1) is 0 Å². The number of anilines is 3. The molecule has 0 atom stereocenters. The van der Waals surface area contributed by atoms with Crippen LogP contribution in [0.3, 0.4) is 0 Å². The third-order valence-corrected chi connectivity index (χ3v) is 7.48. The maximum atomic E-state index is 4.90. The summed E-state index contributed by atoms with van der Waals surface area (Å²) in [5.41, 5.74) is 10.9. The van der Waals surface area contributed by atoms with E-state index in [9.17, 15) is 0 Å². The first-order chi connectivity index (χ1) is 18.7. The summed E-state index contributed by atoms with van der Waals surface area (Å²) in [6.07, 6.45) is 2.94. The molecule has 0 bridgehead atoms. The number of fused-ring (bicyclic) bond motifs is 2. The predicted octanol–water partition coefficient (Wildman–Crippen LogP) is 9.57. The van der Waals surface area contributed by atoms with Crippen LogP contribution in [-0.2, 0) is 19.3 Å². The van der Waals surface area contributed by atoms with Gasteiger partial charge in [0.15, 0.2) is 0 Å². The minimum Gasteiger partial charge on any atom is -0.311 e. The average molecular weight is 493 g/mol. The van der Waals surface area contributed by atoms with E-state index in [2.05, 4.69) is 140 Å². The molecule has 6 rings (SSSR count). The summed E-state index contributed by atoms with van der Waals surface area (Å²) in [7, 11) is 0. The van der Waals surface area contributed by atoms with E-state index in [-0.39, 0.29) is 0 Å². The van der Waals surface area contributed by atoms with Gasteiger partial charge in [0.05, 0.1) is 11.0 Å². The second-order valence-corrected chi connectivity index (χ2v) is 9.84. The van der Waals surface area contributed by atoms with Crippen molar-refractivity contribution < 1.29 is 0 Å². The zero-order valence-electron chi connectivity index (χ0n) is 22.1. The highest BCUT2D eigenvalue weighted by Gasteiger charge is 2.14. The molecule has 1 aromatic heterocycles. The fourth-order valence-electron chi connectivity index (χ4n) is 5.29. The summed E-state index contributed by atoms with van der Waals surface area (Å²) in [5.74, 6) is 0. The van der Waals surface area contributed by atoms with Crippen molar-refractivity contribution in [1.29, 1.82) is 0 Å². The van der Waals surface area contributed by atoms with Crippen LogP contribution in [0.25, 0.3) is 21.8 Å². The summed E-state index contributed by atoms with van der Waals surface area (Å²) in [5, 5.41) is 2.45. The molecule has 2 heteroatoms. The summed E-state index contributed by atoms with van der Waals surface area (Å²) in [6, 6.07) is 43.9. The Labute approximate surface area is 225 Å². The first-order valence-electron chi connectivity index (χ1n) is 13.6. The maximum Gasteiger partial charge on any atom is 0.0712 e. The van der Waals surface area contributed by atoms with Crippen molar-refractivity contribution in [1.82, 2.24) is 4.98 Å². The molecule has 0 aliphatic carbocycles. The van der Waals surface area contributed by atoms with Crippen LogP contribution in [-0.4, -0.2) is 4.98 Å². The number of aryl methyl sites for hydroxylation is 2. The number of hydrogen-bond donors (Lipinski definition) is 0. The lowest BCUT2D eigenvalue weighted by molar-refractivity contribution is 1.13. The molecular formula is C36H32N2. The standard InChI is InChI=1S/C36H32N2/c1-3-26-13-19-29(20-14-26)38(30-21-15-27(4-2)16-22-30)31-23-17-28(18-24-31)25-34-32-9-5-7-11-35(32)37-36-12-8-6-10-33(34)36/h5-24H,3-4,25H2,1-2H3. The van der Waals surface area contributed by atoms with Gasteiger partial charge in [0, 0.05) is 27.8 Å². The monoisotopic (exact) mass is 492 g/mol. The SMILES string of the molecule is CCc1ccc(N(c2ccc(CC)cc2)c2ccc(Cc3c4ccccc4nc4ccccc34)cc2)cc1. The number of para-hydroxylation sites is 2. The Morgan fingerprint density at radius 3 is 1.29 bits per heavy atom. The van der Waals surface area contributed by atoms with Crippen molar-refractivity contribution in [2.75, 3.05) is 4.90 Å². The van der Waals surface area contributed by atoms with E-state index in [0.29, 0.717) is 0 Å². The molecule has 0 aliphatic heterocycles. The first kappa shape index (κ1) is 23.9. The number of hydrogen-bond acceptors (Lipinski definition) is 2. The minimum atomic E-state index is 0.861. The molecule has 0 fully saturated rings.